The van der Waals surface area contributed by atoms with Gasteiger partial charge in [0.05, 0.1) is 17.1 Å². The first-order valence-corrected chi connectivity index (χ1v) is 10.2. The predicted molar refractivity (Wildman–Crippen MR) is 92.9 cm³/mol. The van der Waals surface area contributed by atoms with Crippen molar-refractivity contribution in [3.63, 3.8) is 0 Å². The quantitative estimate of drug-likeness (QED) is 0.695. The minimum absolute atomic E-state index is 1.02. The van der Waals surface area contributed by atoms with Gasteiger partial charge in [-0.3, -0.25) is 13.0 Å². The van der Waals surface area contributed by atoms with Crippen molar-refractivity contribution in [1.82, 2.24) is 28.3 Å². The molecule has 0 atom stereocenters. The molecule has 0 saturated carbocycles. The van der Waals surface area contributed by atoms with E-state index in [9.17, 15) is 0 Å². The zero-order valence-electron chi connectivity index (χ0n) is 14.9. The molecule has 0 aliphatic rings. The van der Waals surface area contributed by atoms with Crippen molar-refractivity contribution >= 4 is 8.56 Å². The molecule has 3 aromatic rings. The number of hydrogen-bond donors (Lipinski definition) is 0. The van der Waals surface area contributed by atoms with Gasteiger partial charge in [-0.1, -0.05) is 0 Å². The first-order chi connectivity index (χ1) is 10.7. The summed E-state index contributed by atoms with van der Waals surface area (Å²) in [7, 11) is -2.53. The van der Waals surface area contributed by atoms with Crippen LogP contribution < -0.4 is 0 Å². The van der Waals surface area contributed by atoms with E-state index in [1.165, 1.54) is 0 Å². The Labute approximate surface area is 138 Å². The summed E-state index contributed by atoms with van der Waals surface area (Å²) in [5.41, 5.74) is 6.46. The van der Waals surface area contributed by atoms with Gasteiger partial charge in [0.25, 0.3) is 0 Å². The topological polar surface area (TPSA) is 53.5 Å². The first-order valence-electron chi connectivity index (χ1n) is 7.84. The van der Waals surface area contributed by atoms with Crippen LogP contribution in [0.15, 0.2) is 18.2 Å². The highest BCUT2D eigenvalue weighted by molar-refractivity contribution is 6.73. The normalized spacial score (nSPS) is 12.1. The Hall–Kier alpha value is -2.15. The minimum atomic E-state index is -2.53. The van der Waals surface area contributed by atoms with E-state index in [1.54, 1.807) is 0 Å². The Kier molecular flexibility index (Phi) is 3.55. The van der Waals surface area contributed by atoms with E-state index in [0.717, 1.165) is 34.2 Å². The third-order valence-electron chi connectivity index (χ3n) is 4.23. The molecule has 3 heterocycles. The second-order valence-corrected chi connectivity index (χ2v) is 9.70. The third kappa shape index (κ3) is 2.35. The van der Waals surface area contributed by atoms with Crippen LogP contribution >= 0.6 is 0 Å². The summed E-state index contributed by atoms with van der Waals surface area (Å²) in [6, 6.07) is 6.34. The smallest absolute Gasteiger partial charge is 0.255 e. The van der Waals surface area contributed by atoms with Crippen molar-refractivity contribution < 1.29 is 0 Å². The maximum Gasteiger partial charge on any atom is 0.438 e. The Morgan fingerprint density at radius 3 is 1.04 bits per heavy atom. The summed E-state index contributed by atoms with van der Waals surface area (Å²) in [4.78, 5) is 0. The van der Waals surface area contributed by atoms with Crippen LogP contribution in [0.2, 0.25) is 6.55 Å². The lowest BCUT2D eigenvalue weighted by atomic mass is 10.4. The summed E-state index contributed by atoms with van der Waals surface area (Å²) in [6.07, 6.45) is 0. The SMILES string of the molecule is Cc1cc(C)n([Si](C)(n2nc(C)cc2C)n2nc(C)cc2C)n1. The molecule has 0 fully saturated rings. The lowest BCUT2D eigenvalue weighted by Gasteiger charge is -2.30. The molecular weight excluding hydrogens is 304 g/mol. The molecule has 0 aromatic carbocycles. The highest BCUT2D eigenvalue weighted by Crippen LogP contribution is 2.20. The van der Waals surface area contributed by atoms with Gasteiger partial charge in [-0.2, -0.15) is 15.3 Å². The zero-order chi connectivity index (χ0) is 16.9. The lowest BCUT2D eigenvalue weighted by Crippen LogP contribution is -2.58. The second-order valence-electron chi connectivity index (χ2n) is 6.49. The Bertz CT molecular complexity index is 757. The van der Waals surface area contributed by atoms with E-state index in [0.29, 0.717) is 0 Å². The second kappa shape index (κ2) is 5.19. The number of hydrogen-bond acceptors (Lipinski definition) is 3. The average Bonchev–Trinajstić information content (AvgIpc) is 3.07. The first kappa shape index (κ1) is 15.7. The molecule has 3 aromatic heterocycles. The monoisotopic (exact) mass is 328 g/mol. The van der Waals surface area contributed by atoms with Crippen LogP contribution in [0.25, 0.3) is 0 Å². The maximum atomic E-state index is 4.79. The van der Waals surface area contributed by atoms with Gasteiger partial charge < -0.3 is 0 Å². The van der Waals surface area contributed by atoms with Crippen molar-refractivity contribution in [1.29, 1.82) is 0 Å². The van der Waals surface area contributed by atoms with Crippen molar-refractivity contribution in [2.24, 2.45) is 0 Å². The zero-order valence-corrected chi connectivity index (χ0v) is 15.9. The van der Waals surface area contributed by atoms with Crippen LogP contribution in [0, 0.1) is 41.5 Å². The van der Waals surface area contributed by atoms with Crippen molar-refractivity contribution in [2.75, 3.05) is 0 Å². The molecule has 0 radical (unpaired) electrons. The lowest BCUT2D eigenvalue weighted by molar-refractivity contribution is 0.695. The fourth-order valence-electron chi connectivity index (χ4n) is 3.44. The largest absolute Gasteiger partial charge is 0.438 e. The fraction of sp³-hybridized carbons (Fsp3) is 0.438. The van der Waals surface area contributed by atoms with Crippen molar-refractivity contribution in [2.45, 2.75) is 48.1 Å². The van der Waals surface area contributed by atoms with E-state index in [1.807, 2.05) is 20.8 Å². The summed E-state index contributed by atoms with van der Waals surface area (Å²) in [5.74, 6) is 0. The van der Waals surface area contributed by atoms with Gasteiger partial charge in [0.1, 0.15) is 0 Å². The summed E-state index contributed by atoms with van der Waals surface area (Å²) >= 11 is 0. The number of aryl methyl sites for hydroxylation is 6. The number of rotatable bonds is 3. The number of aromatic nitrogens is 6. The molecule has 0 spiro atoms. The molecule has 0 aliphatic heterocycles. The van der Waals surface area contributed by atoms with Crippen LogP contribution in [0.5, 0.6) is 0 Å². The van der Waals surface area contributed by atoms with Crippen LogP contribution in [0.3, 0.4) is 0 Å². The molecule has 0 unspecified atom stereocenters. The molecular formula is C16H24N6Si. The number of nitrogens with zero attached hydrogens (tertiary/aromatic N) is 6. The molecule has 3 rings (SSSR count). The Morgan fingerprint density at radius 2 is 0.870 bits per heavy atom. The molecule has 122 valence electrons. The van der Waals surface area contributed by atoms with Gasteiger partial charge in [-0.15, -0.1) is 0 Å². The van der Waals surface area contributed by atoms with Crippen LogP contribution in [0.4, 0.5) is 0 Å². The van der Waals surface area contributed by atoms with Gasteiger partial charge in [0, 0.05) is 17.1 Å². The van der Waals surface area contributed by atoms with Gasteiger partial charge in [0.2, 0.25) is 0 Å². The van der Waals surface area contributed by atoms with Crippen molar-refractivity contribution in [3.8, 4) is 0 Å². The Morgan fingerprint density at radius 1 is 0.609 bits per heavy atom. The van der Waals surface area contributed by atoms with Crippen LogP contribution in [-0.4, -0.2) is 36.9 Å². The molecule has 0 aliphatic carbocycles. The van der Waals surface area contributed by atoms with E-state index in [-0.39, 0.29) is 0 Å². The Balaban J connectivity index is 2.36. The summed E-state index contributed by atoms with van der Waals surface area (Å²) in [5, 5.41) is 14.4. The summed E-state index contributed by atoms with van der Waals surface area (Å²) < 4.78 is 6.42. The van der Waals surface area contributed by atoms with Crippen molar-refractivity contribution in [3.05, 3.63) is 52.4 Å². The predicted octanol–water partition coefficient (Wildman–Crippen LogP) is 2.64. The molecule has 23 heavy (non-hydrogen) atoms. The fourth-order valence-corrected chi connectivity index (χ4v) is 7.22. The van der Waals surface area contributed by atoms with Crippen LogP contribution in [0.1, 0.15) is 34.2 Å². The van der Waals surface area contributed by atoms with E-state index in [4.69, 9.17) is 15.3 Å². The van der Waals surface area contributed by atoms with E-state index >= 15 is 0 Å². The van der Waals surface area contributed by atoms with E-state index < -0.39 is 8.56 Å². The standard InChI is InChI=1S/C16H24N6Si/c1-11-8-14(4)20(17-11)23(7,21-15(5)9-12(2)18-21)22-16(6)10-13(3)19-22/h8-10H,1-7H3. The van der Waals surface area contributed by atoms with Gasteiger partial charge in [-0.25, -0.2) is 0 Å². The van der Waals surface area contributed by atoms with Gasteiger partial charge >= 0.3 is 8.56 Å². The van der Waals surface area contributed by atoms with Gasteiger partial charge in [-0.05, 0) is 66.3 Å². The molecule has 0 N–H and O–H groups in total. The van der Waals surface area contributed by atoms with Crippen LogP contribution in [-0.2, 0) is 0 Å². The maximum absolute atomic E-state index is 4.79. The molecule has 0 bridgehead atoms. The van der Waals surface area contributed by atoms with E-state index in [2.05, 4.69) is 58.6 Å². The molecule has 7 heteroatoms. The highest BCUT2D eigenvalue weighted by Gasteiger charge is 2.43. The average molecular weight is 328 g/mol. The highest BCUT2D eigenvalue weighted by atomic mass is 28.4. The van der Waals surface area contributed by atoms with Gasteiger partial charge in [0.15, 0.2) is 0 Å². The minimum Gasteiger partial charge on any atom is -0.255 e. The third-order valence-corrected chi connectivity index (χ3v) is 8.00. The molecule has 6 nitrogen and oxygen atoms in total. The molecule has 0 saturated heterocycles. The molecule has 0 amide bonds. The summed E-state index contributed by atoms with van der Waals surface area (Å²) in [6.45, 7) is 14.6.